The molecule has 0 saturated heterocycles. The van der Waals surface area contributed by atoms with Crippen molar-refractivity contribution in [3.63, 3.8) is 0 Å². The first-order valence-electron chi connectivity index (χ1n) is 6.25. The van der Waals surface area contributed by atoms with Crippen molar-refractivity contribution in [1.29, 1.82) is 0 Å². The van der Waals surface area contributed by atoms with E-state index in [2.05, 4.69) is 71.7 Å². The summed E-state index contributed by atoms with van der Waals surface area (Å²) in [6.45, 7) is 22.4. The molecular formula is C17H30. The molecule has 0 aliphatic carbocycles. The fourth-order valence-corrected chi connectivity index (χ4v) is 0.790. The first-order chi connectivity index (χ1) is 8.07. The fraction of sp³-hybridized carbons (Fsp3) is 0.412. The van der Waals surface area contributed by atoms with Crippen LogP contribution in [0.5, 0.6) is 0 Å². The molecule has 0 aromatic rings. The highest BCUT2D eigenvalue weighted by Crippen LogP contribution is 2.09. The summed E-state index contributed by atoms with van der Waals surface area (Å²) in [5.74, 6) is 0. The number of rotatable bonds is 4. The van der Waals surface area contributed by atoms with Gasteiger partial charge >= 0.3 is 0 Å². The van der Waals surface area contributed by atoms with Gasteiger partial charge in [0.15, 0.2) is 0 Å². The van der Waals surface area contributed by atoms with Gasteiger partial charge in [-0.1, -0.05) is 57.2 Å². The van der Waals surface area contributed by atoms with E-state index in [1.807, 2.05) is 13.8 Å². The molecular weight excluding hydrogens is 204 g/mol. The van der Waals surface area contributed by atoms with E-state index in [1.165, 1.54) is 11.1 Å². The van der Waals surface area contributed by atoms with Crippen LogP contribution in [0.25, 0.3) is 0 Å². The Morgan fingerprint density at radius 2 is 1.47 bits per heavy atom. The molecule has 0 saturated carbocycles. The minimum absolute atomic E-state index is 1.06. The molecule has 0 aliphatic rings. The molecule has 0 amide bonds. The first kappa shape index (κ1) is 21.0. The van der Waals surface area contributed by atoms with Gasteiger partial charge in [-0.3, -0.25) is 0 Å². The molecule has 0 radical (unpaired) electrons. The number of hydrogen-bond acceptors (Lipinski definition) is 0. The van der Waals surface area contributed by atoms with Gasteiger partial charge in [0.25, 0.3) is 0 Å². The smallest absolute Gasteiger partial charge is 0.0303 e. The first-order valence-corrected chi connectivity index (χ1v) is 6.25. The van der Waals surface area contributed by atoms with Crippen molar-refractivity contribution in [2.24, 2.45) is 0 Å². The summed E-state index contributed by atoms with van der Waals surface area (Å²) in [4.78, 5) is 0. The van der Waals surface area contributed by atoms with Gasteiger partial charge in [-0.25, -0.2) is 0 Å². The van der Waals surface area contributed by atoms with Gasteiger partial charge in [-0.2, -0.15) is 0 Å². The van der Waals surface area contributed by atoms with Crippen molar-refractivity contribution < 1.29 is 0 Å². The highest BCUT2D eigenvalue weighted by Gasteiger charge is 1.89. The summed E-state index contributed by atoms with van der Waals surface area (Å²) >= 11 is 0. The minimum atomic E-state index is 1.06. The maximum absolute atomic E-state index is 3.99. The number of allylic oxidation sites excluding steroid dienone is 7. The Hall–Kier alpha value is -1.30. The third-order valence-corrected chi connectivity index (χ3v) is 1.73. The second kappa shape index (κ2) is 17.1. The van der Waals surface area contributed by atoms with Crippen LogP contribution in [0.1, 0.15) is 48.0 Å². The lowest BCUT2D eigenvalue weighted by molar-refractivity contribution is 1.22. The molecule has 0 bridgehead atoms. The molecule has 0 nitrogen and oxygen atoms in total. The molecule has 0 aliphatic heterocycles. The summed E-state index contributed by atoms with van der Waals surface area (Å²) in [7, 11) is 0. The highest BCUT2D eigenvalue weighted by molar-refractivity contribution is 5.38. The second-order valence-corrected chi connectivity index (χ2v) is 3.43. The van der Waals surface area contributed by atoms with Crippen molar-refractivity contribution >= 4 is 0 Å². The van der Waals surface area contributed by atoms with Crippen LogP contribution < -0.4 is 0 Å². The van der Waals surface area contributed by atoms with E-state index in [4.69, 9.17) is 0 Å². The quantitative estimate of drug-likeness (QED) is 0.398. The molecule has 0 aromatic heterocycles. The summed E-state index contributed by atoms with van der Waals surface area (Å²) < 4.78 is 0. The largest absolute Gasteiger partial charge is 0.106 e. The molecule has 0 fully saturated rings. The van der Waals surface area contributed by atoms with E-state index in [-0.39, 0.29) is 0 Å². The molecule has 0 atom stereocenters. The minimum Gasteiger partial charge on any atom is -0.106 e. The fourth-order valence-electron chi connectivity index (χ4n) is 0.790. The highest BCUT2D eigenvalue weighted by atomic mass is 13.9. The lowest BCUT2D eigenvalue weighted by atomic mass is 10.1. The average Bonchev–Trinajstić information content (AvgIpc) is 2.37. The Morgan fingerprint density at radius 1 is 1.00 bits per heavy atom. The Morgan fingerprint density at radius 3 is 1.82 bits per heavy atom. The predicted octanol–water partition coefficient (Wildman–Crippen LogP) is 6.25. The van der Waals surface area contributed by atoms with Crippen molar-refractivity contribution in [2.45, 2.75) is 48.0 Å². The van der Waals surface area contributed by atoms with Crippen LogP contribution in [-0.2, 0) is 0 Å². The lowest BCUT2D eigenvalue weighted by Crippen LogP contribution is -1.77. The van der Waals surface area contributed by atoms with Crippen molar-refractivity contribution in [2.75, 3.05) is 0 Å². The molecule has 0 spiro atoms. The van der Waals surface area contributed by atoms with E-state index < -0.39 is 0 Å². The van der Waals surface area contributed by atoms with Gasteiger partial charge in [-0.05, 0) is 38.3 Å². The summed E-state index contributed by atoms with van der Waals surface area (Å²) in [5.41, 5.74) is 3.64. The Balaban J connectivity index is -0.000000439. The maximum atomic E-state index is 3.99. The van der Waals surface area contributed by atoms with E-state index in [1.54, 1.807) is 0 Å². The van der Waals surface area contributed by atoms with E-state index in [9.17, 15) is 0 Å². The van der Waals surface area contributed by atoms with Crippen LogP contribution >= 0.6 is 0 Å². The Kier molecular flexibility index (Phi) is 21.2. The second-order valence-electron chi connectivity index (χ2n) is 3.43. The van der Waals surface area contributed by atoms with E-state index in [0.717, 1.165) is 12.0 Å². The van der Waals surface area contributed by atoms with Crippen LogP contribution in [-0.4, -0.2) is 0 Å². The Bertz CT molecular complexity index is 258. The molecule has 0 N–H and O–H groups in total. The van der Waals surface area contributed by atoms with Gasteiger partial charge in [0.05, 0.1) is 0 Å². The molecule has 98 valence electrons. The van der Waals surface area contributed by atoms with Crippen LogP contribution in [0.15, 0.2) is 60.8 Å². The monoisotopic (exact) mass is 234 g/mol. The third kappa shape index (κ3) is 17.3. The van der Waals surface area contributed by atoms with Gasteiger partial charge < -0.3 is 0 Å². The van der Waals surface area contributed by atoms with Crippen LogP contribution in [0.3, 0.4) is 0 Å². The zero-order valence-electron chi connectivity index (χ0n) is 12.6. The molecule has 0 aromatic carbocycles. The summed E-state index contributed by atoms with van der Waals surface area (Å²) in [6.07, 6.45) is 9.49. The molecule has 17 heavy (non-hydrogen) atoms. The molecule has 0 unspecified atom stereocenters. The van der Waals surface area contributed by atoms with Crippen LogP contribution in [0.2, 0.25) is 0 Å². The van der Waals surface area contributed by atoms with Crippen LogP contribution in [0.4, 0.5) is 0 Å². The molecule has 0 heterocycles. The van der Waals surface area contributed by atoms with Gasteiger partial charge in [0.1, 0.15) is 0 Å². The molecule has 0 rings (SSSR count). The maximum Gasteiger partial charge on any atom is -0.0303 e. The summed E-state index contributed by atoms with van der Waals surface area (Å²) in [5, 5.41) is 0. The molecule has 0 heteroatoms. The zero-order chi connectivity index (χ0) is 14.3. The summed E-state index contributed by atoms with van der Waals surface area (Å²) in [6, 6.07) is 0. The van der Waals surface area contributed by atoms with Crippen molar-refractivity contribution in [3.05, 3.63) is 60.8 Å². The van der Waals surface area contributed by atoms with Crippen LogP contribution in [0, 0.1) is 0 Å². The van der Waals surface area contributed by atoms with E-state index >= 15 is 0 Å². The van der Waals surface area contributed by atoms with Gasteiger partial charge in [0, 0.05) is 0 Å². The Labute approximate surface area is 109 Å². The van der Waals surface area contributed by atoms with Crippen molar-refractivity contribution in [1.82, 2.24) is 0 Å². The zero-order valence-corrected chi connectivity index (χ0v) is 12.6. The van der Waals surface area contributed by atoms with Gasteiger partial charge in [0.2, 0.25) is 0 Å². The topological polar surface area (TPSA) is 0 Å². The standard InChI is InChI=1S/C13H20.C2H6.C2H4/c1-6-7-8-12(4)13(5)10-9-11(2)3;2*1-2/h7-10H,4,6H2,1-3,5H3;1-2H3;1-2H2/b8-7-,13-10+;;. The third-order valence-electron chi connectivity index (χ3n) is 1.73. The van der Waals surface area contributed by atoms with E-state index in [0.29, 0.717) is 0 Å². The van der Waals surface area contributed by atoms with Crippen molar-refractivity contribution in [3.8, 4) is 0 Å². The predicted molar refractivity (Wildman–Crippen MR) is 84.4 cm³/mol. The number of hydrogen-bond donors (Lipinski definition) is 0. The lowest BCUT2D eigenvalue weighted by Gasteiger charge is -1.98. The average molecular weight is 234 g/mol. The SMILES string of the molecule is C=C.C=C(/C=C\CC)/C(C)=C/C=C(C)C.CC. The van der Waals surface area contributed by atoms with Gasteiger partial charge in [-0.15, -0.1) is 13.2 Å². The normalized spacial score (nSPS) is 9.65.